The molecule has 1 aromatic rings. The molecule has 3 N–H and O–H groups in total. The van der Waals surface area contributed by atoms with Gasteiger partial charge in [0.05, 0.1) is 6.54 Å². The van der Waals surface area contributed by atoms with E-state index in [1.165, 1.54) is 6.07 Å². The molecule has 8 heteroatoms. The van der Waals surface area contributed by atoms with E-state index in [1.54, 1.807) is 19.1 Å². The van der Waals surface area contributed by atoms with Gasteiger partial charge in [-0.2, -0.15) is 0 Å². The summed E-state index contributed by atoms with van der Waals surface area (Å²) >= 11 is 0. The summed E-state index contributed by atoms with van der Waals surface area (Å²) in [5.74, 6) is -1.30. The number of hydrogen-bond donors (Lipinski definition) is 3. The van der Waals surface area contributed by atoms with Gasteiger partial charge in [-0.3, -0.25) is 9.59 Å². The molecule has 130 valence electrons. The predicted molar refractivity (Wildman–Crippen MR) is 83.9 cm³/mol. The highest BCUT2D eigenvalue weighted by atomic mass is 16.7. The highest BCUT2D eigenvalue weighted by molar-refractivity contribution is 5.97. The molecule has 1 aliphatic rings. The standard InChI is InChI=1S/C16H20N2O6/c1-3-9(2)14(16(21)22)18-13(19)7-17-15(20)10-4-5-11-12(6-10)24-8-23-11/h4-6,9,14H,3,7-8H2,1-2H3,(H,17,20)(H,18,19)(H,21,22). The van der Waals surface area contributed by atoms with E-state index in [2.05, 4.69) is 10.6 Å². The van der Waals surface area contributed by atoms with Gasteiger partial charge in [0.1, 0.15) is 6.04 Å². The Morgan fingerprint density at radius 1 is 1.25 bits per heavy atom. The third kappa shape index (κ3) is 4.15. The summed E-state index contributed by atoms with van der Waals surface area (Å²) in [7, 11) is 0. The van der Waals surface area contributed by atoms with Crippen molar-refractivity contribution >= 4 is 17.8 Å². The Morgan fingerprint density at radius 2 is 1.96 bits per heavy atom. The van der Waals surface area contributed by atoms with E-state index in [1.807, 2.05) is 6.92 Å². The molecule has 2 rings (SSSR count). The van der Waals surface area contributed by atoms with E-state index in [4.69, 9.17) is 14.6 Å². The molecule has 2 unspecified atom stereocenters. The van der Waals surface area contributed by atoms with E-state index in [9.17, 15) is 14.4 Å². The van der Waals surface area contributed by atoms with Crippen LogP contribution in [0.25, 0.3) is 0 Å². The Kier molecular flexibility index (Phi) is 5.62. The molecule has 0 bridgehead atoms. The van der Waals surface area contributed by atoms with Crippen LogP contribution in [0.5, 0.6) is 11.5 Å². The monoisotopic (exact) mass is 336 g/mol. The van der Waals surface area contributed by atoms with Gasteiger partial charge in [0.15, 0.2) is 11.5 Å². The maximum absolute atomic E-state index is 12.1. The van der Waals surface area contributed by atoms with E-state index in [-0.39, 0.29) is 19.3 Å². The van der Waals surface area contributed by atoms with Crippen molar-refractivity contribution in [3.8, 4) is 11.5 Å². The molecule has 0 fully saturated rings. The number of hydrogen-bond acceptors (Lipinski definition) is 5. The van der Waals surface area contributed by atoms with Gasteiger partial charge in [0.25, 0.3) is 5.91 Å². The average molecular weight is 336 g/mol. The minimum Gasteiger partial charge on any atom is -0.480 e. The number of carboxylic acid groups (broad SMARTS) is 1. The predicted octanol–water partition coefficient (Wildman–Crippen LogP) is 0.761. The lowest BCUT2D eigenvalue weighted by atomic mass is 9.99. The first-order valence-electron chi connectivity index (χ1n) is 7.62. The summed E-state index contributed by atoms with van der Waals surface area (Å²) in [4.78, 5) is 35.1. The summed E-state index contributed by atoms with van der Waals surface area (Å²) in [6.45, 7) is 3.38. The molecular weight excluding hydrogens is 316 g/mol. The van der Waals surface area contributed by atoms with Crippen LogP contribution in [0.4, 0.5) is 0 Å². The highest BCUT2D eigenvalue weighted by Crippen LogP contribution is 2.32. The second-order valence-corrected chi connectivity index (χ2v) is 5.52. The van der Waals surface area contributed by atoms with Crippen molar-refractivity contribution in [2.45, 2.75) is 26.3 Å². The minimum atomic E-state index is -1.10. The topological polar surface area (TPSA) is 114 Å². The molecule has 24 heavy (non-hydrogen) atoms. The number of amides is 2. The summed E-state index contributed by atoms with van der Waals surface area (Å²) < 4.78 is 10.3. The molecule has 0 saturated carbocycles. The summed E-state index contributed by atoms with van der Waals surface area (Å²) in [5.41, 5.74) is 0.323. The van der Waals surface area contributed by atoms with E-state index in [0.717, 1.165) is 0 Å². The fourth-order valence-corrected chi connectivity index (χ4v) is 2.21. The number of benzene rings is 1. The van der Waals surface area contributed by atoms with Crippen LogP contribution in [-0.2, 0) is 9.59 Å². The molecule has 0 aromatic heterocycles. The zero-order valence-electron chi connectivity index (χ0n) is 13.5. The molecule has 0 spiro atoms. The second kappa shape index (κ2) is 7.67. The average Bonchev–Trinajstić information content (AvgIpc) is 3.04. The normalized spacial score (nSPS) is 14.6. The van der Waals surface area contributed by atoms with Gasteiger partial charge in [-0.15, -0.1) is 0 Å². The first kappa shape index (κ1) is 17.6. The number of aliphatic carboxylic acids is 1. The van der Waals surface area contributed by atoms with Crippen LogP contribution in [0.15, 0.2) is 18.2 Å². The van der Waals surface area contributed by atoms with Crippen molar-refractivity contribution in [2.24, 2.45) is 5.92 Å². The zero-order chi connectivity index (χ0) is 17.7. The van der Waals surface area contributed by atoms with Crippen LogP contribution in [-0.4, -0.2) is 42.3 Å². The number of ether oxygens (including phenoxy) is 2. The van der Waals surface area contributed by atoms with E-state index in [0.29, 0.717) is 23.5 Å². The number of carboxylic acids is 1. The van der Waals surface area contributed by atoms with Crippen molar-refractivity contribution in [1.82, 2.24) is 10.6 Å². The maximum Gasteiger partial charge on any atom is 0.326 e. The van der Waals surface area contributed by atoms with Gasteiger partial charge in [0.2, 0.25) is 12.7 Å². The van der Waals surface area contributed by atoms with Crippen molar-refractivity contribution in [3.63, 3.8) is 0 Å². The Labute approximate surface area is 139 Å². The van der Waals surface area contributed by atoms with Crippen molar-refractivity contribution < 1.29 is 29.0 Å². The van der Waals surface area contributed by atoms with E-state index < -0.39 is 23.8 Å². The summed E-state index contributed by atoms with van der Waals surface area (Å²) in [5, 5.41) is 14.0. The fourth-order valence-electron chi connectivity index (χ4n) is 2.21. The Balaban J connectivity index is 1.89. The van der Waals surface area contributed by atoms with Crippen LogP contribution in [0.3, 0.4) is 0 Å². The second-order valence-electron chi connectivity index (χ2n) is 5.52. The van der Waals surface area contributed by atoms with Crippen LogP contribution in [0.1, 0.15) is 30.6 Å². The highest BCUT2D eigenvalue weighted by Gasteiger charge is 2.25. The number of carbonyl (C=O) groups is 3. The first-order chi connectivity index (χ1) is 11.4. The number of fused-ring (bicyclic) bond motifs is 1. The Morgan fingerprint density at radius 3 is 2.62 bits per heavy atom. The van der Waals surface area contributed by atoms with Crippen molar-refractivity contribution in [2.75, 3.05) is 13.3 Å². The number of carbonyl (C=O) groups excluding carboxylic acids is 2. The van der Waals surface area contributed by atoms with Gasteiger partial charge in [-0.1, -0.05) is 20.3 Å². The van der Waals surface area contributed by atoms with Crippen molar-refractivity contribution in [1.29, 1.82) is 0 Å². The Hall–Kier alpha value is -2.77. The molecule has 1 heterocycles. The van der Waals surface area contributed by atoms with Crippen LogP contribution in [0.2, 0.25) is 0 Å². The molecule has 1 aromatic carbocycles. The van der Waals surface area contributed by atoms with Gasteiger partial charge in [-0.25, -0.2) is 4.79 Å². The van der Waals surface area contributed by atoms with E-state index >= 15 is 0 Å². The van der Waals surface area contributed by atoms with Crippen molar-refractivity contribution in [3.05, 3.63) is 23.8 Å². The van der Waals surface area contributed by atoms with Crippen LogP contribution in [0, 0.1) is 5.92 Å². The quantitative estimate of drug-likeness (QED) is 0.677. The smallest absolute Gasteiger partial charge is 0.326 e. The zero-order valence-corrected chi connectivity index (χ0v) is 13.5. The van der Waals surface area contributed by atoms with Crippen LogP contribution >= 0.6 is 0 Å². The molecule has 1 aliphatic heterocycles. The SMILES string of the molecule is CCC(C)C(NC(=O)CNC(=O)c1ccc2c(c1)OCO2)C(=O)O. The fraction of sp³-hybridized carbons (Fsp3) is 0.438. The third-order valence-electron chi connectivity index (χ3n) is 3.84. The molecule has 0 saturated heterocycles. The Bertz CT molecular complexity index is 645. The van der Waals surface area contributed by atoms with Gasteiger partial charge >= 0.3 is 5.97 Å². The molecule has 0 radical (unpaired) electrons. The largest absolute Gasteiger partial charge is 0.480 e. The first-order valence-corrected chi connectivity index (χ1v) is 7.62. The molecule has 8 nitrogen and oxygen atoms in total. The molecule has 2 amide bonds. The number of nitrogens with one attached hydrogen (secondary N) is 2. The number of rotatable bonds is 7. The van der Waals surface area contributed by atoms with Crippen LogP contribution < -0.4 is 20.1 Å². The molecule has 0 aliphatic carbocycles. The lowest BCUT2D eigenvalue weighted by molar-refractivity contribution is -0.143. The molecule has 2 atom stereocenters. The lowest BCUT2D eigenvalue weighted by Crippen LogP contribution is -2.48. The third-order valence-corrected chi connectivity index (χ3v) is 3.84. The van der Waals surface area contributed by atoms with Gasteiger partial charge in [0, 0.05) is 5.56 Å². The molecular formula is C16H20N2O6. The summed E-state index contributed by atoms with van der Waals surface area (Å²) in [6.07, 6.45) is 0.612. The lowest BCUT2D eigenvalue weighted by Gasteiger charge is -2.20. The van der Waals surface area contributed by atoms with Gasteiger partial charge < -0.3 is 25.2 Å². The summed E-state index contributed by atoms with van der Waals surface area (Å²) in [6, 6.07) is 3.71. The van der Waals surface area contributed by atoms with Gasteiger partial charge in [-0.05, 0) is 24.1 Å². The minimum absolute atomic E-state index is 0.106. The maximum atomic E-state index is 12.1.